The largest absolute Gasteiger partial charge is 0.872 e. The number of ketones is 1. The number of quaternary nitrogens is 1. The van der Waals surface area contributed by atoms with Gasteiger partial charge in [0, 0.05) is 5.57 Å². The van der Waals surface area contributed by atoms with Gasteiger partial charge >= 0.3 is 0 Å². The van der Waals surface area contributed by atoms with Crippen molar-refractivity contribution >= 4 is 17.4 Å². The quantitative estimate of drug-likeness (QED) is 0.419. The minimum atomic E-state index is -0.717. The first-order valence-corrected chi connectivity index (χ1v) is 10.2. The Kier molecular flexibility index (Phi) is 6.57. The van der Waals surface area contributed by atoms with Gasteiger partial charge in [0.1, 0.15) is 5.75 Å². The number of nitrogens with one attached hydrogen (secondary N) is 1. The van der Waals surface area contributed by atoms with Crippen LogP contribution in [0.15, 0.2) is 60.2 Å². The standard InChI is InChI=1S/C24H28N2O4/c1-16(2)30-19-12-10-18(11-13-19)22(27)20-21(17-8-6-5-7-9-17)26(15-14-25(3)4)24(29)23(20)28/h5-13,16,21,27H,14-15H2,1-4H3/b22-20+. The highest BCUT2D eigenvalue weighted by molar-refractivity contribution is 6.46. The van der Waals surface area contributed by atoms with Gasteiger partial charge in [-0.1, -0.05) is 48.2 Å². The Labute approximate surface area is 177 Å². The van der Waals surface area contributed by atoms with Crippen LogP contribution < -0.4 is 14.7 Å². The Hall–Kier alpha value is -3.12. The summed E-state index contributed by atoms with van der Waals surface area (Å²) in [6.45, 7) is 4.91. The lowest BCUT2D eigenvalue weighted by Crippen LogP contribution is -3.06. The van der Waals surface area contributed by atoms with Crippen LogP contribution in [0.4, 0.5) is 0 Å². The van der Waals surface area contributed by atoms with E-state index in [4.69, 9.17) is 4.74 Å². The maximum Gasteiger partial charge on any atom is 0.295 e. The molecule has 3 rings (SSSR count). The van der Waals surface area contributed by atoms with Gasteiger partial charge in [0.25, 0.3) is 5.91 Å². The predicted octanol–water partition coefficient (Wildman–Crippen LogP) is 0.842. The average molecular weight is 408 g/mol. The molecule has 0 radical (unpaired) electrons. The number of likely N-dealkylation sites (tertiary alicyclic amines) is 1. The lowest BCUT2D eigenvalue weighted by atomic mass is 9.95. The van der Waals surface area contributed by atoms with Crippen LogP contribution in [0.2, 0.25) is 0 Å². The number of hydrogen-bond donors (Lipinski definition) is 1. The zero-order valence-corrected chi connectivity index (χ0v) is 17.8. The predicted molar refractivity (Wildman–Crippen MR) is 113 cm³/mol. The Balaban J connectivity index is 2.05. The molecule has 1 N–H and O–H groups in total. The normalized spacial score (nSPS) is 18.5. The zero-order valence-electron chi connectivity index (χ0n) is 17.8. The molecule has 2 aromatic rings. The van der Waals surface area contributed by atoms with Crippen molar-refractivity contribution in [3.63, 3.8) is 0 Å². The van der Waals surface area contributed by atoms with Crippen molar-refractivity contribution in [3.05, 3.63) is 71.3 Å². The van der Waals surface area contributed by atoms with Gasteiger partial charge in [0.2, 0.25) is 5.78 Å². The number of amides is 1. The topological polar surface area (TPSA) is 74.1 Å². The van der Waals surface area contributed by atoms with Crippen LogP contribution in [-0.4, -0.2) is 49.9 Å². The third-order valence-corrected chi connectivity index (χ3v) is 4.99. The van der Waals surface area contributed by atoms with Gasteiger partial charge in [-0.25, -0.2) is 0 Å². The lowest BCUT2D eigenvalue weighted by molar-refractivity contribution is -0.857. The first-order valence-electron chi connectivity index (χ1n) is 10.2. The van der Waals surface area contributed by atoms with Crippen molar-refractivity contribution in [3.8, 4) is 5.75 Å². The van der Waals surface area contributed by atoms with Crippen molar-refractivity contribution < 1.29 is 24.3 Å². The number of carbonyl (C=O) groups is 2. The summed E-state index contributed by atoms with van der Waals surface area (Å²) in [6.07, 6.45) is 0.0183. The van der Waals surface area contributed by atoms with E-state index in [-0.39, 0.29) is 11.7 Å². The Bertz CT molecular complexity index is 933. The lowest BCUT2D eigenvalue weighted by Gasteiger charge is -2.27. The Morgan fingerprint density at radius 2 is 1.70 bits per heavy atom. The summed E-state index contributed by atoms with van der Waals surface area (Å²) in [4.78, 5) is 28.4. The molecular weight excluding hydrogens is 380 g/mol. The van der Waals surface area contributed by atoms with Crippen LogP contribution in [-0.2, 0) is 9.59 Å². The number of nitrogens with zero attached hydrogens (tertiary/aromatic N) is 1. The molecule has 158 valence electrons. The van der Waals surface area contributed by atoms with Gasteiger partial charge in [0.05, 0.1) is 39.3 Å². The average Bonchev–Trinajstić information content (AvgIpc) is 2.97. The van der Waals surface area contributed by atoms with Gasteiger partial charge < -0.3 is 19.6 Å². The van der Waals surface area contributed by atoms with Gasteiger partial charge in [0.15, 0.2) is 0 Å². The molecule has 1 heterocycles. The number of ether oxygens (including phenoxy) is 1. The summed E-state index contributed by atoms with van der Waals surface area (Å²) in [7, 11) is 3.97. The molecule has 1 saturated heterocycles. The molecule has 30 heavy (non-hydrogen) atoms. The van der Waals surface area contributed by atoms with E-state index in [1.807, 2.05) is 58.3 Å². The van der Waals surface area contributed by atoms with E-state index in [2.05, 4.69) is 0 Å². The molecule has 1 atom stereocenters. The molecule has 0 spiro atoms. The SMILES string of the molecule is CC(C)Oc1ccc(/C([O-])=C2\C(=O)C(=O)N(CC[NH+](C)C)C2c2ccccc2)cc1. The van der Waals surface area contributed by atoms with E-state index in [9.17, 15) is 14.7 Å². The summed E-state index contributed by atoms with van der Waals surface area (Å²) >= 11 is 0. The van der Waals surface area contributed by atoms with Crippen LogP contribution >= 0.6 is 0 Å². The molecule has 0 bridgehead atoms. The molecule has 0 saturated carbocycles. The van der Waals surface area contributed by atoms with Crippen molar-refractivity contribution in [1.82, 2.24) is 4.90 Å². The first-order chi connectivity index (χ1) is 14.3. The number of hydrogen-bond acceptors (Lipinski definition) is 4. The van der Waals surface area contributed by atoms with Crippen LogP contribution in [0.25, 0.3) is 5.76 Å². The monoisotopic (exact) mass is 408 g/mol. The molecule has 0 aliphatic carbocycles. The van der Waals surface area contributed by atoms with Crippen LogP contribution in [0.1, 0.15) is 31.0 Å². The Morgan fingerprint density at radius 3 is 2.27 bits per heavy atom. The molecule has 1 aliphatic heterocycles. The minimum Gasteiger partial charge on any atom is -0.872 e. The molecule has 0 aromatic heterocycles. The second kappa shape index (κ2) is 9.13. The van der Waals surface area contributed by atoms with Gasteiger partial charge in [-0.3, -0.25) is 9.59 Å². The van der Waals surface area contributed by atoms with E-state index in [1.54, 1.807) is 24.3 Å². The fraction of sp³-hybridized carbons (Fsp3) is 0.333. The van der Waals surface area contributed by atoms with Gasteiger partial charge in [-0.15, -0.1) is 0 Å². The summed E-state index contributed by atoms with van der Waals surface area (Å²) in [5, 5.41) is 13.3. The van der Waals surface area contributed by atoms with Crippen molar-refractivity contribution in [2.75, 3.05) is 27.2 Å². The van der Waals surface area contributed by atoms with E-state index in [1.165, 1.54) is 4.90 Å². The summed E-state index contributed by atoms with van der Waals surface area (Å²) in [5.74, 6) is -1.10. The fourth-order valence-corrected chi connectivity index (χ4v) is 3.54. The molecule has 6 heteroatoms. The van der Waals surface area contributed by atoms with E-state index < -0.39 is 23.5 Å². The maximum atomic E-state index is 13.3. The smallest absolute Gasteiger partial charge is 0.295 e. The highest BCUT2D eigenvalue weighted by Gasteiger charge is 2.44. The highest BCUT2D eigenvalue weighted by Crippen LogP contribution is 2.38. The number of carbonyl (C=O) groups excluding carboxylic acids is 2. The number of rotatable bonds is 7. The zero-order chi connectivity index (χ0) is 21.8. The van der Waals surface area contributed by atoms with Crippen LogP contribution in [0.3, 0.4) is 0 Å². The van der Waals surface area contributed by atoms with Crippen molar-refractivity contribution in [1.29, 1.82) is 0 Å². The summed E-state index contributed by atoms with van der Waals surface area (Å²) in [6, 6.07) is 15.3. The molecule has 1 unspecified atom stereocenters. The third-order valence-electron chi connectivity index (χ3n) is 4.99. The maximum absolute atomic E-state index is 13.3. The molecule has 2 aromatic carbocycles. The first kappa shape index (κ1) is 21.6. The molecule has 1 aliphatic rings. The minimum absolute atomic E-state index is 0.0116. The van der Waals surface area contributed by atoms with E-state index in [0.29, 0.717) is 24.4 Å². The fourth-order valence-electron chi connectivity index (χ4n) is 3.54. The highest BCUT2D eigenvalue weighted by atomic mass is 16.5. The van der Waals surface area contributed by atoms with Gasteiger partial charge in [-0.2, -0.15) is 0 Å². The van der Waals surface area contributed by atoms with Crippen molar-refractivity contribution in [2.45, 2.75) is 26.0 Å². The van der Waals surface area contributed by atoms with Crippen LogP contribution in [0, 0.1) is 0 Å². The van der Waals surface area contributed by atoms with E-state index >= 15 is 0 Å². The molecule has 6 nitrogen and oxygen atoms in total. The second-order valence-corrected chi connectivity index (χ2v) is 8.03. The number of Topliss-reactive ketones (excluding diaryl/α,β-unsaturated/α-hetero) is 1. The summed E-state index contributed by atoms with van der Waals surface area (Å²) in [5.41, 5.74) is 1.13. The second-order valence-electron chi connectivity index (χ2n) is 8.03. The Morgan fingerprint density at radius 1 is 1.07 bits per heavy atom. The molecular formula is C24H28N2O4. The number of likely N-dealkylation sites (N-methyl/N-ethyl adjacent to an activating group) is 1. The van der Waals surface area contributed by atoms with Crippen molar-refractivity contribution in [2.24, 2.45) is 0 Å². The van der Waals surface area contributed by atoms with Crippen LogP contribution in [0.5, 0.6) is 5.75 Å². The number of benzene rings is 2. The van der Waals surface area contributed by atoms with Gasteiger partial charge in [-0.05, 0) is 37.1 Å². The van der Waals surface area contributed by atoms with E-state index in [0.717, 1.165) is 10.5 Å². The molecule has 1 amide bonds. The molecule has 1 fully saturated rings. The third kappa shape index (κ3) is 4.54. The summed E-state index contributed by atoms with van der Waals surface area (Å²) < 4.78 is 5.62.